The lowest BCUT2D eigenvalue weighted by atomic mass is 9.78. The Balaban J connectivity index is 2.04. The average molecular weight is 195 g/mol. The molecular weight excluding hydrogens is 178 g/mol. The Bertz CT molecular complexity index is 239. The third-order valence-electron chi connectivity index (χ3n) is 2.95. The molecule has 0 aromatic carbocycles. The first-order valence-corrected chi connectivity index (χ1v) is 6.11. The lowest BCUT2D eigenvalue weighted by molar-refractivity contribution is 0.233. The summed E-state index contributed by atoms with van der Waals surface area (Å²) in [7, 11) is 0. The number of thiophene rings is 1. The van der Waals surface area contributed by atoms with E-state index in [4.69, 9.17) is 0 Å². The summed E-state index contributed by atoms with van der Waals surface area (Å²) in [5.41, 5.74) is 1.50. The minimum Gasteiger partial charge on any atom is -0.310 e. The average Bonchev–Trinajstić information content (AvgIpc) is 2.51. The van der Waals surface area contributed by atoms with Crippen LogP contribution in [0.2, 0.25) is 0 Å². The van der Waals surface area contributed by atoms with Crippen molar-refractivity contribution >= 4 is 11.3 Å². The second kappa shape index (κ2) is 4.25. The molecule has 1 saturated carbocycles. The van der Waals surface area contributed by atoms with Gasteiger partial charge in [0.2, 0.25) is 0 Å². The first-order valence-electron chi connectivity index (χ1n) is 5.17. The highest BCUT2D eigenvalue weighted by atomic mass is 32.1. The van der Waals surface area contributed by atoms with Gasteiger partial charge >= 0.3 is 0 Å². The first-order chi connectivity index (χ1) is 6.42. The largest absolute Gasteiger partial charge is 0.310 e. The summed E-state index contributed by atoms with van der Waals surface area (Å²) < 4.78 is 0. The second-order valence-electron chi connectivity index (χ2n) is 3.78. The van der Waals surface area contributed by atoms with Crippen molar-refractivity contribution in [3.63, 3.8) is 0 Å². The SMILES string of the molecule is CCNC(c1ccsc1)C1CCC1. The highest BCUT2D eigenvalue weighted by Crippen LogP contribution is 2.38. The summed E-state index contributed by atoms with van der Waals surface area (Å²) in [6.07, 6.45) is 4.25. The summed E-state index contributed by atoms with van der Waals surface area (Å²) in [6.45, 7) is 3.27. The van der Waals surface area contributed by atoms with Crippen molar-refractivity contribution in [2.24, 2.45) is 5.92 Å². The molecule has 1 fully saturated rings. The molecule has 1 N–H and O–H groups in total. The first kappa shape index (κ1) is 9.22. The minimum absolute atomic E-state index is 0.630. The van der Waals surface area contributed by atoms with E-state index in [1.54, 1.807) is 11.3 Å². The monoisotopic (exact) mass is 195 g/mol. The summed E-state index contributed by atoms with van der Waals surface area (Å²) in [4.78, 5) is 0. The molecule has 0 amide bonds. The van der Waals surface area contributed by atoms with Gasteiger partial charge in [0.25, 0.3) is 0 Å². The normalized spacial score (nSPS) is 19.8. The Hall–Kier alpha value is -0.340. The van der Waals surface area contributed by atoms with Crippen molar-refractivity contribution in [1.82, 2.24) is 5.32 Å². The molecule has 0 radical (unpaired) electrons. The molecule has 1 aliphatic rings. The van der Waals surface area contributed by atoms with E-state index in [0.29, 0.717) is 6.04 Å². The van der Waals surface area contributed by atoms with E-state index < -0.39 is 0 Å². The van der Waals surface area contributed by atoms with Crippen LogP contribution in [0.1, 0.15) is 37.8 Å². The van der Waals surface area contributed by atoms with E-state index >= 15 is 0 Å². The number of hydrogen-bond acceptors (Lipinski definition) is 2. The van der Waals surface area contributed by atoms with Crippen molar-refractivity contribution in [1.29, 1.82) is 0 Å². The fourth-order valence-electron chi connectivity index (χ4n) is 2.00. The van der Waals surface area contributed by atoms with Crippen LogP contribution in [-0.2, 0) is 0 Å². The molecule has 1 nitrogen and oxygen atoms in total. The van der Waals surface area contributed by atoms with Gasteiger partial charge in [-0.3, -0.25) is 0 Å². The Labute approximate surface area is 84.2 Å². The predicted octanol–water partition coefficient (Wildman–Crippen LogP) is 3.20. The van der Waals surface area contributed by atoms with Crippen LogP contribution in [0.4, 0.5) is 0 Å². The van der Waals surface area contributed by atoms with Gasteiger partial charge in [-0.05, 0) is 47.7 Å². The highest BCUT2D eigenvalue weighted by molar-refractivity contribution is 7.07. The zero-order chi connectivity index (χ0) is 9.10. The smallest absolute Gasteiger partial charge is 0.0356 e. The zero-order valence-electron chi connectivity index (χ0n) is 8.12. The third-order valence-corrected chi connectivity index (χ3v) is 3.65. The molecular formula is C11H17NS. The van der Waals surface area contributed by atoms with E-state index in [2.05, 4.69) is 29.1 Å². The summed E-state index contributed by atoms with van der Waals surface area (Å²) >= 11 is 1.81. The predicted molar refractivity (Wildman–Crippen MR) is 58.1 cm³/mol. The molecule has 72 valence electrons. The van der Waals surface area contributed by atoms with Crippen molar-refractivity contribution in [3.05, 3.63) is 22.4 Å². The Morgan fingerprint density at radius 1 is 1.62 bits per heavy atom. The summed E-state index contributed by atoms with van der Waals surface area (Å²) in [6, 6.07) is 2.89. The van der Waals surface area contributed by atoms with Crippen LogP contribution in [0.5, 0.6) is 0 Å². The van der Waals surface area contributed by atoms with Crippen molar-refractivity contribution in [3.8, 4) is 0 Å². The molecule has 2 rings (SSSR count). The van der Waals surface area contributed by atoms with E-state index in [-0.39, 0.29) is 0 Å². The van der Waals surface area contributed by atoms with Crippen LogP contribution in [0.25, 0.3) is 0 Å². The van der Waals surface area contributed by atoms with E-state index in [1.807, 2.05) is 0 Å². The molecule has 2 heteroatoms. The van der Waals surface area contributed by atoms with E-state index in [1.165, 1.54) is 24.8 Å². The molecule has 1 atom stereocenters. The van der Waals surface area contributed by atoms with Crippen LogP contribution in [0, 0.1) is 5.92 Å². The topological polar surface area (TPSA) is 12.0 Å². The molecule has 1 unspecified atom stereocenters. The Morgan fingerprint density at radius 3 is 2.92 bits per heavy atom. The van der Waals surface area contributed by atoms with Crippen LogP contribution < -0.4 is 5.32 Å². The zero-order valence-corrected chi connectivity index (χ0v) is 8.94. The second-order valence-corrected chi connectivity index (χ2v) is 4.56. The summed E-state index contributed by atoms with van der Waals surface area (Å²) in [5.74, 6) is 0.898. The number of nitrogens with one attached hydrogen (secondary N) is 1. The van der Waals surface area contributed by atoms with Gasteiger partial charge in [0.15, 0.2) is 0 Å². The molecule has 13 heavy (non-hydrogen) atoms. The van der Waals surface area contributed by atoms with Gasteiger partial charge in [-0.2, -0.15) is 11.3 Å². The molecule has 1 aromatic heterocycles. The Kier molecular flexibility index (Phi) is 3.01. The standard InChI is InChI=1S/C11H17NS/c1-2-12-11(9-4-3-5-9)10-6-7-13-8-10/h6-9,11-12H,2-5H2,1H3. The van der Waals surface area contributed by atoms with Crippen molar-refractivity contribution in [2.75, 3.05) is 6.54 Å². The van der Waals surface area contributed by atoms with Crippen LogP contribution in [0.3, 0.4) is 0 Å². The Morgan fingerprint density at radius 2 is 2.46 bits per heavy atom. The lowest BCUT2D eigenvalue weighted by Gasteiger charge is -2.34. The van der Waals surface area contributed by atoms with Gasteiger partial charge < -0.3 is 5.32 Å². The van der Waals surface area contributed by atoms with Crippen LogP contribution in [-0.4, -0.2) is 6.54 Å². The van der Waals surface area contributed by atoms with Crippen LogP contribution in [0.15, 0.2) is 16.8 Å². The van der Waals surface area contributed by atoms with Gasteiger partial charge in [-0.1, -0.05) is 13.3 Å². The van der Waals surface area contributed by atoms with E-state index in [0.717, 1.165) is 12.5 Å². The molecule has 1 aliphatic carbocycles. The quantitative estimate of drug-likeness (QED) is 0.778. The fourth-order valence-corrected chi connectivity index (χ4v) is 2.70. The molecule has 1 aromatic rings. The maximum Gasteiger partial charge on any atom is 0.0356 e. The van der Waals surface area contributed by atoms with Crippen molar-refractivity contribution < 1.29 is 0 Å². The molecule has 0 saturated heterocycles. The highest BCUT2D eigenvalue weighted by Gasteiger charge is 2.27. The van der Waals surface area contributed by atoms with E-state index in [9.17, 15) is 0 Å². The van der Waals surface area contributed by atoms with Crippen LogP contribution >= 0.6 is 11.3 Å². The third kappa shape index (κ3) is 1.94. The van der Waals surface area contributed by atoms with Gasteiger partial charge in [0.05, 0.1) is 0 Å². The lowest BCUT2D eigenvalue weighted by Crippen LogP contribution is -2.31. The molecule has 0 spiro atoms. The van der Waals surface area contributed by atoms with Crippen molar-refractivity contribution in [2.45, 2.75) is 32.2 Å². The molecule has 0 bridgehead atoms. The number of rotatable bonds is 4. The molecule has 1 heterocycles. The van der Waals surface area contributed by atoms with Gasteiger partial charge in [-0.15, -0.1) is 0 Å². The van der Waals surface area contributed by atoms with Gasteiger partial charge in [-0.25, -0.2) is 0 Å². The fraction of sp³-hybridized carbons (Fsp3) is 0.636. The maximum absolute atomic E-state index is 3.59. The van der Waals surface area contributed by atoms with Gasteiger partial charge in [0.1, 0.15) is 0 Å². The minimum atomic E-state index is 0.630. The maximum atomic E-state index is 3.59. The van der Waals surface area contributed by atoms with Gasteiger partial charge in [0, 0.05) is 6.04 Å². The summed E-state index contributed by atoms with van der Waals surface area (Å²) in [5, 5.41) is 8.06. The molecule has 0 aliphatic heterocycles. The number of hydrogen-bond donors (Lipinski definition) is 1.